The van der Waals surface area contributed by atoms with Crippen LogP contribution in [0.3, 0.4) is 0 Å². The summed E-state index contributed by atoms with van der Waals surface area (Å²) >= 11 is 0. The molecular weight excluding hydrogens is 388 g/mol. The molecule has 2 aliphatic rings. The normalized spacial score (nSPS) is 15.8. The van der Waals surface area contributed by atoms with Crippen molar-refractivity contribution in [3.8, 4) is 22.6 Å². The summed E-state index contributed by atoms with van der Waals surface area (Å²) < 4.78 is 1.72. The average Bonchev–Trinajstić information content (AvgIpc) is 3.12. The second-order valence-corrected chi connectivity index (χ2v) is 7.74. The second kappa shape index (κ2) is 6.47. The van der Waals surface area contributed by atoms with E-state index in [4.69, 9.17) is 5.10 Å². The van der Waals surface area contributed by atoms with Gasteiger partial charge in [-0.2, -0.15) is 10.1 Å². The maximum Gasteiger partial charge on any atom is 0.300 e. The SMILES string of the molecule is CCc1ccc(-c2nn3c(nc2=O)-c2ccccc2N2C(=O)c4ccccc4[C@H]23)cc1. The van der Waals surface area contributed by atoms with Gasteiger partial charge in [0, 0.05) is 22.3 Å². The van der Waals surface area contributed by atoms with E-state index in [-0.39, 0.29) is 17.2 Å². The number of fused-ring (bicyclic) bond motifs is 8. The number of aromatic nitrogens is 3. The van der Waals surface area contributed by atoms with Crippen LogP contribution in [-0.2, 0) is 6.42 Å². The number of benzene rings is 3. The van der Waals surface area contributed by atoms with Crippen molar-refractivity contribution in [1.82, 2.24) is 14.8 Å². The number of carbonyl (C=O) groups is 1. The summed E-state index contributed by atoms with van der Waals surface area (Å²) in [7, 11) is 0. The lowest BCUT2D eigenvalue weighted by molar-refractivity contribution is 0.0986. The molecule has 0 N–H and O–H groups in total. The molecule has 0 saturated carbocycles. The van der Waals surface area contributed by atoms with Crippen molar-refractivity contribution >= 4 is 11.6 Å². The molecule has 0 aliphatic carbocycles. The molecule has 150 valence electrons. The van der Waals surface area contributed by atoms with Crippen LogP contribution >= 0.6 is 0 Å². The highest BCUT2D eigenvalue weighted by atomic mass is 16.2. The molecule has 3 aromatic carbocycles. The van der Waals surface area contributed by atoms with Crippen LogP contribution in [0.2, 0.25) is 0 Å². The zero-order chi connectivity index (χ0) is 21.1. The van der Waals surface area contributed by atoms with E-state index in [1.54, 1.807) is 9.58 Å². The predicted molar refractivity (Wildman–Crippen MR) is 118 cm³/mol. The lowest BCUT2D eigenvalue weighted by atomic mass is 10.1. The lowest BCUT2D eigenvalue weighted by Gasteiger charge is -2.34. The Morgan fingerprint density at radius 3 is 2.35 bits per heavy atom. The van der Waals surface area contributed by atoms with Gasteiger partial charge in [0.15, 0.2) is 17.7 Å². The number of hydrogen-bond donors (Lipinski definition) is 0. The van der Waals surface area contributed by atoms with Crippen LogP contribution in [0.25, 0.3) is 22.6 Å². The molecular formula is C25H18N4O2. The maximum absolute atomic E-state index is 13.3. The summed E-state index contributed by atoms with van der Waals surface area (Å²) in [4.78, 5) is 32.5. The van der Waals surface area contributed by atoms with Crippen molar-refractivity contribution in [1.29, 1.82) is 0 Å². The van der Waals surface area contributed by atoms with Crippen LogP contribution in [0.5, 0.6) is 0 Å². The minimum atomic E-state index is -0.477. The third-order valence-corrected chi connectivity index (χ3v) is 6.04. The molecule has 3 heterocycles. The standard InChI is InChI=1S/C25H18N4O2/c1-2-15-11-13-16(14-12-15)21-23(30)26-22-19-9-5-6-10-20(19)28-24(29(22)27-21)17-7-3-4-8-18(17)25(28)31/h3-14,24H,2H2,1H3/t24-/m1/s1. The summed E-state index contributed by atoms with van der Waals surface area (Å²) in [6, 6.07) is 22.9. The van der Waals surface area contributed by atoms with Crippen molar-refractivity contribution in [3.63, 3.8) is 0 Å². The highest BCUT2D eigenvalue weighted by Gasteiger charge is 2.44. The fourth-order valence-corrected chi connectivity index (χ4v) is 4.48. The molecule has 0 radical (unpaired) electrons. The van der Waals surface area contributed by atoms with E-state index in [1.807, 2.05) is 72.8 Å². The first-order valence-electron chi connectivity index (χ1n) is 10.3. The van der Waals surface area contributed by atoms with Gasteiger partial charge in [0.2, 0.25) is 0 Å². The number of aryl methyl sites for hydroxylation is 1. The Morgan fingerprint density at radius 1 is 0.871 bits per heavy atom. The highest BCUT2D eigenvalue weighted by molar-refractivity contribution is 6.13. The minimum Gasteiger partial charge on any atom is -0.280 e. The lowest BCUT2D eigenvalue weighted by Crippen LogP contribution is -2.39. The average molecular weight is 406 g/mol. The largest absolute Gasteiger partial charge is 0.300 e. The Labute approximate surface area is 178 Å². The number of rotatable bonds is 2. The molecule has 1 atom stereocenters. The Bertz CT molecular complexity index is 1420. The molecule has 0 saturated heterocycles. The fraction of sp³-hybridized carbons (Fsp3) is 0.120. The summed E-state index contributed by atoms with van der Waals surface area (Å²) in [5.41, 5.74) is 4.76. The van der Waals surface area contributed by atoms with Crippen molar-refractivity contribution in [2.75, 3.05) is 4.90 Å². The summed E-state index contributed by atoms with van der Waals surface area (Å²) in [5.74, 6) is 0.397. The highest BCUT2D eigenvalue weighted by Crippen LogP contribution is 2.46. The number of amides is 1. The van der Waals surface area contributed by atoms with E-state index in [0.717, 1.165) is 23.2 Å². The molecule has 0 fully saturated rings. The van der Waals surface area contributed by atoms with Crippen LogP contribution in [-0.4, -0.2) is 20.7 Å². The molecule has 31 heavy (non-hydrogen) atoms. The van der Waals surface area contributed by atoms with Gasteiger partial charge in [-0.05, 0) is 30.2 Å². The van der Waals surface area contributed by atoms with Crippen LogP contribution in [0, 0.1) is 0 Å². The van der Waals surface area contributed by atoms with Gasteiger partial charge in [-0.3, -0.25) is 14.5 Å². The monoisotopic (exact) mass is 406 g/mol. The van der Waals surface area contributed by atoms with E-state index >= 15 is 0 Å². The Kier molecular flexibility index (Phi) is 3.71. The summed E-state index contributed by atoms with van der Waals surface area (Å²) in [6.45, 7) is 2.09. The summed E-state index contributed by atoms with van der Waals surface area (Å²) in [5, 5.41) is 4.76. The molecule has 0 unspecified atom stereocenters. The van der Waals surface area contributed by atoms with Crippen molar-refractivity contribution in [3.05, 3.63) is 99.8 Å². The topological polar surface area (TPSA) is 68.1 Å². The molecule has 4 aromatic rings. The molecule has 0 spiro atoms. The molecule has 0 bridgehead atoms. The molecule has 6 rings (SSSR count). The van der Waals surface area contributed by atoms with Gasteiger partial charge in [0.1, 0.15) is 0 Å². The van der Waals surface area contributed by atoms with Crippen LogP contribution in [0.4, 0.5) is 5.69 Å². The third kappa shape index (κ3) is 2.45. The van der Waals surface area contributed by atoms with E-state index in [1.165, 1.54) is 5.56 Å². The van der Waals surface area contributed by atoms with Crippen molar-refractivity contribution in [2.45, 2.75) is 19.5 Å². The van der Waals surface area contributed by atoms with Crippen LogP contribution < -0.4 is 10.5 Å². The maximum atomic E-state index is 13.3. The molecule has 1 amide bonds. The number of anilines is 1. The van der Waals surface area contributed by atoms with Gasteiger partial charge in [-0.15, -0.1) is 0 Å². The first-order chi connectivity index (χ1) is 15.2. The second-order valence-electron chi connectivity index (χ2n) is 7.74. The Hall–Kier alpha value is -4.06. The quantitative estimate of drug-likeness (QED) is 0.504. The van der Waals surface area contributed by atoms with Gasteiger partial charge in [-0.1, -0.05) is 61.5 Å². The zero-order valence-corrected chi connectivity index (χ0v) is 16.8. The van der Waals surface area contributed by atoms with Gasteiger partial charge >= 0.3 is 0 Å². The van der Waals surface area contributed by atoms with E-state index in [2.05, 4.69) is 11.9 Å². The van der Waals surface area contributed by atoms with E-state index in [9.17, 15) is 9.59 Å². The zero-order valence-electron chi connectivity index (χ0n) is 16.8. The van der Waals surface area contributed by atoms with Gasteiger partial charge in [0.25, 0.3) is 11.5 Å². The Morgan fingerprint density at radius 2 is 1.58 bits per heavy atom. The van der Waals surface area contributed by atoms with Crippen LogP contribution in [0.1, 0.15) is 34.6 Å². The predicted octanol–water partition coefficient (Wildman–Crippen LogP) is 4.06. The Balaban J connectivity index is 1.64. The number of hydrogen-bond acceptors (Lipinski definition) is 4. The van der Waals surface area contributed by atoms with Crippen LogP contribution in [0.15, 0.2) is 77.6 Å². The molecule has 6 nitrogen and oxygen atoms in total. The van der Waals surface area contributed by atoms with Crippen molar-refractivity contribution < 1.29 is 4.79 Å². The van der Waals surface area contributed by atoms with Gasteiger partial charge < -0.3 is 0 Å². The van der Waals surface area contributed by atoms with E-state index < -0.39 is 6.17 Å². The van der Waals surface area contributed by atoms with Gasteiger partial charge in [0.05, 0.1) is 5.69 Å². The van der Waals surface area contributed by atoms with Gasteiger partial charge in [-0.25, -0.2) is 4.68 Å². The molecule has 2 aliphatic heterocycles. The number of para-hydroxylation sites is 1. The molecule has 6 heteroatoms. The third-order valence-electron chi connectivity index (χ3n) is 6.04. The minimum absolute atomic E-state index is 0.0759. The first kappa shape index (κ1) is 17.8. The summed E-state index contributed by atoms with van der Waals surface area (Å²) in [6.07, 6.45) is 0.442. The fourth-order valence-electron chi connectivity index (χ4n) is 4.48. The van der Waals surface area contributed by atoms with E-state index in [0.29, 0.717) is 17.0 Å². The first-order valence-corrected chi connectivity index (χ1v) is 10.3. The smallest absolute Gasteiger partial charge is 0.280 e. The van der Waals surface area contributed by atoms with Crippen molar-refractivity contribution in [2.24, 2.45) is 0 Å². The number of nitrogens with zero attached hydrogens (tertiary/aromatic N) is 4. The number of carbonyl (C=O) groups excluding carboxylic acids is 1. The molecule has 1 aromatic heterocycles.